The fraction of sp³-hybridized carbons (Fsp3) is 0.353. The molecule has 1 spiro atoms. The van der Waals surface area contributed by atoms with Gasteiger partial charge in [0.25, 0.3) is 11.8 Å². The summed E-state index contributed by atoms with van der Waals surface area (Å²) in [6.07, 6.45) is 6.84. The summed E-state index contributed by atoms with van der Waals surface area (Å²) in [5, 5.41) is 0. The largest absolute Gasteiger partial charge is 0.467 e. The molecule has 8 nitrogen and oxygen atoms in total. The molecule has 3 aromatic carbocycles. The Labute approximate surface area is 246 Å². The summed E-state index contributed by atoms with van der Waals surface area (Å²) >= 11 is 0. The second-order valence-electron chi connectivity index (χ2n) is 11.2. The molecule has 0 aliphatic carbocycles. The fourth-order valence-corrected chi connectivity index (χ4v) is 5.89. The smallest absolute Gasteiger partial charge is 0.267 e. The van der Waals surface area contributed by atoms with Crippen LogP contribution in [0, 0.1) is 0 Å². The highest BCUT2D eigenvalue weighted by molar-refractivity contribution is 5.99. The van der Waals surface area contributed by atoms with E-state index < -0.39 is 17.9 Å². The summed E-state index contributed by atoms with van der Waals surface area (Å²) in [4.78, 5) is 36.1. The third-order valence-corrected chi connectivity index (χ3v) is 8.20. The molecule has 1 unspecified atom stereocenters. The maximum absolute atomic E-state index is 14.1. The lowest BCUT2D eigenvalue weighted by Gasteiger charge is -2.51. The molecular weight excluding hydrogens is 530 g/mol. The van der Waals surface area contributed by atoms with E-state index in [9.17, 15) is 9.59 Å². The number of benzene rings is 3. The van der Waals surface area contributed by atoms with Crippen LogP contribution in [0.5, 0.6) is 5.75 Å². The van der Waals surface area contributed by atoms with E-state index in [0.717, 1.165) is 50.0 Å². The minimum atomic E-state index is -0.719. The molecule has 218 valence electrons. The van der Waals surface area contributed by atoms with Gasteiger partial charge in [-0.1, -0.05) is 66.7 Å². The molecule has 1 N–H and O–H groups in total. The van der Waals surface area contributed by atoms with Gasteiger partial charge in [-0.05, 0) is 47.7 Å². The van der Waals surface area contributed by atoms with Crippen molar-refractivity contribution in [1.82, 2.24) is 15.3 Å². The highest BCUT2D eigenvalue weighted by Crippen LogP contribution is 2.41. The van der Waals surface area contributed by atoms with Crippen LogP contribution in [0.4, 0.5) is 0 Å². The summed E-state index contributed by atoms with van der Waals surface area (Å²) in [6.45, 7) is 3.62. The van der Waals surface area contributed by atoms with Crippen LogP contribution in [0.2, 0.25) is 0 Å². The summed E-state index contributed by atoms with van der Waals surface area (Å²) in [7, 11) is 0. The Morgan fingerprint density at radius 3 is 2.36 bits per heavy atom. The Bertz CT molecular complexity index is 1400. The number of hydrogen-bond donors (Lipinski definition) is 1. The molecule has 0 aromatic heterocycles. The monoisotopic (exact) mass is 567 g/mol. The number of amides is 2. The minimum Gasteiger partial charge on any atom is -0.467 e. The lowest BCUT2D eigenvalue weighted by molar-refractivity contribution is -0.198. The molecular formula is C34H37N3O5. The maximum atomic E-state index is 14.1. The van der Waals surface area contributed by atoms with E-state index >= 15 is 0 Å². The van der Waals surface area contributed by atoms with Gasteiger partial charge in [0.2, 0.25) is 0 Å². The average Bonchev–Trinajstić information content (AvgIpc) is 3.04. The van der Waals surface area contributed by atoms with Crippen molar-refractivity contribution in [3.05, 3.63) is 107 Å². The second kappa shape index (κ2) is 12.9. The molecule has 3 aromatic rings. The second-order valence-corrected chi connectivity index (χ2v) is 11.2. The lowest BCUT2D eigenvalue weighted by atomic mass is 9.93. The third-order valence-electron chi connectivity index (χ3n) is 8.20. The molecule has 0 bridgehead atoms. The molecule has 8 heteroatoms. The Hall–Kier alpha value is -3.98. The molecule has 42 heavy (non-hydrogen) atoms. The van der Waals surface area contributed by atoms with Crippen molar-refractivity contribution >= 4 is 17.9 Å². The zero-order valence-electron chi connectivity index (χ0n) is 23.7. The number of fused-ring (bicyclic) bond motifs is 1. The van der Waals surface area contributed by atoms with Crippen molar-refractivity contribution in [3.63, 3.8) is 0 Å². The lowest BCUT2D eigenvalue weighted by Crippen LogP contribution is -2.62. The number of hydrogen-bond acceptors (Lipinski definition) is 6. The van der Waals surface area contributed by atoms with E-state index in [0.29, 0.717) is 37.3 Å². The van der Waals surface area contributed by atoms with Crippen molar-refractivity contribution in [3.8, 4) is 5.75 Å². The van der Waals surface area contributed by atoms with Gasteiger partial charge in [0, 0.05) is 58.1 Å². The standard InChI is InChI=1S/C34H37N3O5/c38-31(35-42-32-13-7-8-22-40-32)17-15-26-14-16-30-29(23-26)33(39)37(25-28-11-5-2-6-12-28)34(41-30)18-20-36(21-19-34)24-27-9-3-1-4-10-27/h1-6,9-12,14-17,23,32H,7-8,13,18-22,24-25H2,(H,35,38). The average molecular weight is 568 g/mol. The fourth-order valence-electron chi connectivity index (χ4n) is 5.89. The van der Waals surface area contributed by atoms with Crippen molar-refractivity contribution in [2.45, 2.75) is 57.2 Å². The predicted molar refractivity (Wildman–Crippen MR) is 159 cm³/mol. The number of nitrogens with zero attached hydrogens (tertiary/aromatic N) is 2. The summed E-state index contributed by atoms with van der Waals surface area (Å²) < 4.78 is 12.2. The number of likely N-dealkylation sites (tertiary alicyclic amines) is 1. The van der Waals surface area contributed by atoms with Crippen LogP contribution >= 0.6 is 0 Å². The van der Waals surface area contributed by atoms with Gasteiger partial charge >= 0.3 is 0 Å². The van der Waals surface area contributed by atoms with E-state index in [1.54, 1.807) is 12.1 Å². The number of hydroxylamine groups is 1. The first kappa shape index (κ1) is 28.2. The van der Waals surface area contributed by atoms with E-state index in [1.165, 1.54) is 11.6 Å². The molecule has 2 fully saturated rings. The van der Waals surface area contributed by atoms with Gasteiger partial charge in [-0.25, -0.2) is 10.3 Å². The molecule has 6 rings (SSSR count). The SMILES string of the molecule is O=C(C=Cc1ccc2c(c1)C(=O)N(Cc1ccccc1)C1(CCN(Cc3ccccc3)CC1)O2)NOC1CCCCO1. The Morgan fingerprint density at radius 2 is 1.67 bits per heavy atom. The molecule has 2 amide bonds. The highest BCUT2D eigenvalue weighted by atomic mass is 16.8. The van der Waals surface area contributed by atoms with Gasteiger partial charge in [0.15, 0.2) is 12.0 Å². The van der Waals surface area contributed by atoms with Crippen LogP contribution in [0.15, 0.2) is 84.9 Å². The summed E-state index contributed by atoms with van der Waals surface area (Å²) in [6, 6.07) is 26.0. The summed E-state index contributed by atoms with van der Waals surface area (Å²) in [5.74, 6) is 0.130. The van der Waals surface area contributed by atoms with Gasteiger partial charge < -0.3 is 9.47 Å². The molecule has 3 heterocycles. The van der Waals surface area contributed by atoms with E-state index in [4.69, 9.17) is 14.3 Å². The Balaban J connectivity index is 1.18. The topological polar surface area (TPSA) is 80.3 Å². The number of ether oxygens (including phenoxy) is 2. The van der Waals surface area contributed by atoms with Crippen LogP contribution in [0.3, 0.4) is 0 Å². The normalized spacial score (nSPS) is 20.3. The maximum Gasteiger partial charge on any atom is 0.267 e. The van der Waals surface area contributed by atoms with Crippen LogP contribution < -0.4 is 10.2 Å². The van der Waals surface area contributed by atoms with Crippen LogP contribution in [0.25, 0.3) is 6.08 Å². The molecule has 2 saturated heterocycles. The molecule has 3 aliphatic heterocycles. The van der Waals surface area contributed by atoms with E-state index in [2.05, 4.69) is 34.6 Å². The summed E-state index contributed by atoms with van der Waals surface area (Å²) in [5.41, 5.74) is 5.27. The number of piperidine rings is 1. The van der Waals surface area contributed by atoms with E-state index in [1.807, 2.05) is 53.4 Å². The first-order valence-electron chi connectivity index (χ1n) is 14.8. The van der Waals surface area contributed by atoms with Crippen molar-refractivity contribution in [2.24, 2.45) is 0 Å². The quantitative estimate of drug-likeness (QED) is 0.294. The Kier molecular flexibility index (Phi) is 8.65. The molecule has 3 aliphatic rings. The van der Waals surface area contributed by atoms with Gasteiger partial charge in [0.05, 0.1) is 5.56 Å². The number of nitrogens with one attached hydrogen (secondary N) is 1. The van der Waals surface area contributed by atoms with Crippen molar-refractivity contribution in [2.75, 3.05) is 19.7 Å². The van der Waals surface area contributed by atoms with Crippen molar-refractivity contribution in [1.29, 1.82) is 0 Å². The van der Waals surface area contributed by atoms with Gasteiger partial charge in [-0.2, -0.15) is 0 Å². The predicted octanol–water partition coefficient (Wildman–Crippen LogP) is 5.30. The first-order chi connectivity index (χ1) is 20.6. The number of carbonyl (C=O) groups excluding carboxylic acids is 2. The van der Waals surface area contributed by atoms with Crippen LogP contribution in [0.1, 0.15) is 59.2 Å². The zero-order chi connectivity index (χ0) is 28.8. The number of rotatable bonds is 8. The van der Waals surface area contributed by atoms with E-state index in [-0.39, 0.29) is 5.91 Å². The van der Waals surface area contributed by atoms with Gasteiger partial charge in [-0.15, -0.1) is 0 Å². The highest BCUT2D eigenvalue weighted by Gasteiger charge is 2.48. The molecule has 0 saturated carbocycles. The molecule has 1 atom stereocenters. The Morgan fingerprint density at radius 1 is 0.952 bits per heavy atom. The van der Waals surface area contributed by atoms with Crippen LogP contribution in [-0.2, 0) is 27.5 Å². The van der Waals surface area contributed by atoms with Crippen LogP contribution in [-0.4, -0.2) is 53.3 Å². The molecule has 0 radical (unpaired) electrons. The van der Waals surface area contributed by atoms with Crippen molar-refractivity contribution < 1.29 is 23.9 Å². The zero-order valence-corrected chi connectivity index (χ0v) is 23.7. The van der Waals surface area contributed by atoms with Gasteiger partial charge in [-0.3, -0.25) is 19.4 Å². The third kappa shape index (κ3) is 6.57. The first-order valence-corrected chi connectivity index (χ1v) is 14.8. The minimum absolute atomic E-state index is 0.0610. The number of carbonyl (C=O) groups is 2. The van der Waals surface area contributed by atoms with Gasteiger partial charge in [0.1, 0.15) is 5.75 Å².